The van der Waals surface area contributed by atoms with Crippen molar-refractivity contribution in [2.45, 2.75) is 37.9 Å². The second-order valence-corrected chi connectivity index (χ2v) is 8.22. The molecular formula is C26H31NO5. The summed E-state index contributed by atoms with van der Waals surface area (Å²) >= 11 is 0. The highest BCUT2D eigenvalue weighted by Crippen LogP contribution is 2.39. The smallest absolute Gasteiger partial charge is 0.286 e. The molecule has 2 aromatic rings. The van der Waals surface area contributed by atoms with Gasteiger partial charge in [0.05, 0.1) is 13.2 Å². The Morgan fingerprint density at radius 1 is 1.12 bits per heavy atom. The first kappa shape index (κ1) is 22.5. The van der Waals surface area contributed by atoms with Gasteiger partial charge in [0.15, 0.2) is 5.76 Å². The molecule has 0 saturated carbocycles. The molecule has 1 heterocycles. The van der Waals surface area contributed by atoms with Crippen molar-refractivity contribution in [3.8, 4) is 11.1 Å². The predicted octanol–water partition coefficient (Wildman–Crippen LogP) is 3.52. The molecule has 2 atom stereocenters. The van der Waals surface area contributed by atoms with E-state index >= 15 is 0 Å². The number of aliphatic hydroxyl groups is 1. The Kier molecular flexibility index (Phi) is 7.58. The maximum atomic E-state index is 12.7. The number of allylic oxidation sites excluding steroid dienone is 1. The number of rotatable bonds is 10. The number of aliphatic hydroxyl groups excluding tert-OH is 1. The lowest BCUT2D eigenvalue weighted by atomic mass is 9.90. The molecule has 0 saturated heterocycles. The van der Waals surface area contributed by atoms with E-state index < -0.39 is 6.29 Å². The number of hydrogen-bond donors (Lipinski definition) is 2. The third-order valence-electron chi connectivity index (χ3n) is 5.97. The van der Waals surface area contributed by atoms with Gasteiger partial charge in [0.1, 0.15) is 0 Å². The van der Waals surface area contributed by atoms with Crippen molar-refractivity contribution in [1.82, 2.24) is 5.32 Å². The number of hydrogen-bond acceptors (Lipinski definition) is 5. The van der Waals surface area contributed by atoms with Gasteiger partial charge in [-0.1, -0.05) is 42.5 Å². The van der Waals surface area contributed by atoms with E-state index in [0.29, 0.717) is 32.6 Å². The van der Waals surface area contributed by atoms with Gasteiger partial charge in [-0.05, 0) is 53.2 Å². The second-order valence-electron chi connectivity index (χ2n) is 8.22. The molecule has 1 aliphatic heterocycles. The largest absolute Gasteiger partial charge is 0.459 e. The number of ether oxygens (including phenoxy) is 3. The Bertz CT molecular complexity index is 970. The number of nitrogens with one attached hydrogen (secondary N) is 1. The zero-order valence-electron chi connectivity index (χ0n) is 18.5. The average molecular weight is 438 g/mol. The normalized spacial score (nSPS) is 19.0. The van der Waals surface area contributed by atoms with Gasteiger partial charge in [-0.15, -0.1) is 0 Å². The van der Waals surface area contributed by atoms with E-state index in [1.54, 1.807) is 7.11 Å². The average Bonchev–Trinajstić information content (AvgIpc) is 3.19. The zero-order chi connectivity index (χ0) is 22.3. The molecule has 0 radical (unpaired) electrons. The predicted molar refractivity (Wildman–Crippen MR) is 122 cm³/mol. The number of methoxy groups -OCH3 is 1. The van der Waals surface area contributed by atoms with Crippen LogP contribution in [0.5, 0.6) is 0 Å². The molecule has 6 heteroatoms. The first-order valence-corrected chi connectivity index (χ1v) is 11.3. The van der Waals surface area contributed by atoms with E-state index in [1.807, 2.05) is 6.08 Å². The molecule has 4 rings (SSSR count). The van der Waals surface area contributed by atoms with Crippen molar-refractivity contribution in [1.29, 1.82) is 0 Å². The van der Waals surface area contributed by atoms with Crippen molar-refractivity contribution in [3.05, 3.63) is 71.0 Å². The number of carbonyl (C=O) groups excluding carboxylic acids is 1. The highest BCUT2D eigenvalue weighted by Gasteiger charge is 2.29. The fourth-order valence-corrected chi connectivity index (χ4v) is 4.33. The van der Waals surface area contributed by atoms with Crippen LogP contribution in [0.4, 0.5) is 0 Å². The molecule has 2 aliphatic rings. The van der Waals surface area contributed by atoms with Crippen LogP contribution in [-0.4, -0.2) is 50.8 Å². The molecular weight excluding hydrogens is 406 g/mol. The van der Waals surface area contributed by atoms with Gasteiger partial charge >= 0.3 is 0 Å². The molecule has 170 valence electrons. The van der Waals surface area contributed by atoms with Gasteiger partial charge in [0.25, 0.3) is 5.91 Å². The highest BCUT2D eigenvalue weighted by molar-refractivity contribution is 5.91. The minimum atomic E-state index is -0.502. The van der Waals surface area contributed by atoms with Crippen LogP contribution < -0.4 is 5.32 Å². The molecule has 6 nitrogen and oxygen atoms in total. The molecule has 1 amide bonds. The van der Waals surface area contributed by atoms with Gasteiger partial charge in [-0.3, -0.25) is 4.79 Å². The molecule has 2 N–H and O–H groups in total. The van der Waals surface area contributed by atoms with Crippen LogP contribution in [0, 0.1) is 0 Å². The van der Waals surface area contributed by atoms with Crippen LogP contribution in [0.2, 0.25) is 0 Å². The van der Waals surface area contributed by atoms with Gasteiger partial charge in [0.2, 0.25) is 6.29 Å². The minimum Gasteiger partial charge on any atom is -0.459 e. The van der Waals surface area contributed by atoms with Gasteiger partial charge in [-0.25, -0.2) is 0 Å². The SMILES string of the molecule is COCCNC(=O)C1=C[C@H](c2ccc3c(c2)Cc2ccccc2-3)C[C@H](OCCCCO)O1. The summed E-state index contributed by atoms with van der Waals surface area (Å²) in [7, 11) is 1.60. The Hall–Kier alpha value is -2.67. The third kappa shape index (κ3) is 5.21. The number of benzene rings is 2. The number of unbranched alkanes of at least 4 members (excludes halogenated alkanes) is 1. The Labute approximate surface area is 189 Å². The van der Waals surface area contributed by atoms with Crippen molar-refractivity contribution in [3.63, 3.8) is 0 Å². The van der Waals surface area contributed by atoms with E-state index in [0.717, 1.165) is 18.4 Å². The molecule has 2 aromatic carbocycles. The van der Waals surface area contributed by atoms with Crippen LogP contribution in [0.1, 0.15) is 41.9 Å². The maximum Gasteiger partial charge on any atom is 0.286 e. The van der Waals surface area contributed by atoms with E-state index in [9.17, 15) is 4.79 Å². The van der Waals surface area contributed by atoms with E-state index in [2.05, 4.69) is 47.8 Å². The van der Waals surface area contributed by atoms with Crippen LogP contribution in [-0.2, 0) is 25.4 Å². The molecule has 0 fully saturated rings. The summed E-state index contributed by atoms with van der Waals surface area (Å²) in [4.78, 5) is 12.7. The van der Waals surface area contributed by atoms with Crippen LogP contribution in [0.3, 0.4) is 0 Å². The summed E-state index contributed by atoms with van der Waals surface area (Å²) in [5.41, 5.74) is 6.42. The number of carbonyl (C=O) groups is 1. The molecule has 32 heavy (non-hydrogen) atoms. The standard InChI is InChI=1S/C26H31NO5/c1-30-13-10-27-26(29)24-16-20(17-25(32-24)31-12-5-4-11-28)18-8-9-23-21(14-18)15-19-6-2-3-7-22(19)23/h2-3,6-9,14,16,20,25,28H,4-5,10-13,15,17H2,1H3,(H,27,29)/t20-,25+/m0/s1. The second kappa shape index (κ2) is 10.8. The summed E-state index contributed by atoms with van der Waals surface area (Å²) in [6.45, 7) is 1.48. The fourth-order valence-electron chi connectivity index (χ4n) is 4.33. The maximum absolute atomic E-state index is 12.7. The van der Waals surface area contributed by atoms with Crippen molar-refractivity contribution >= 4 is 5.91 Å². The Morgan fingerprint density at radius 3 is 2.81 bits per heavy atom. The Balaban J connectivity index is 1.53. The van der Waals surface area contributed by atoms with E-state index in [4.69, 9.17) is 19.3 Å². The van der Waals surface area contributed by atoms with Crippen molar-refractivity contribution < 1.29 is 24.1 Å². The molecule has 1 aliphatic carbocycles. The van der Waals surface area contributed by atoms with Gasteiger partial charge < -0.3 is 24.6 Å². The molecule has 0 unspecified atom stereocenters. The molecule has 0 aromatic heterocycles. The zero-order valence-corrected chi connectivity index (χ0v) is 18.5. The summed E-state index contributed by atoms with van der Waals surface area (Å²) in [6, 6.07) is 15.1. The van der Waals surface area contributed by atoms with Gasteiger partial charge in [0, 0.05) is 32.6 Å². The quantitative estimate of drug-likeness (QED) is 0.475. The Morgan fingerprint density at radius 2 is 1.97 bits per heavy atom. The summed E-state index contributed by atoms with van der Waals surface area (Å²) in [6.07, 6.45) is 4.40. The molecule has 0 bridgehead atoms. The van der Waals surface area contributed by atoms with E-state index in [-0.39, 0.29) is 24.2 Å². The summed E-state index contributed by atoms with van der Waals surface area (Å²) < 4.78 is 16.8. The summed E-state index contributed by atoms with van der Waals surface area (Å²) in [5.74, 6) is 0.0429. The van der Waals surface area contributed by atoms with Crippen molar-refractivity contribution in [2.75, 3.05) is 33.5 Å². The first-order chi connectivity index (χ1) is 15.7. The minimum absolute atomic E-state index is 0.0174. The fraction of sp³-hybridized carbons (Fsp3) is 0.423. The van der Waals surface area contributed by atoms with E-state index in [1.165, 1.54) is 22.3 Å². The topological polar surface area (TPSA) is 77.0 Å². The lowest BCUT2D eigenvalue weighted by Gasteiger charge is -2.29. The first-order valence-electron chi connectivity index (χ1n) is 11.3. The lowest BCUT2D eigenvalue weighted by molar-refractivity contribution is -0.146. The van der Waals surface area contributed by atoms with Crippen LogP contribution >= 0.6 is 0 Å². The summed E-state index contributed by atoms with van der Waals surface area (Å²) in [5, 5.41) is 11.8. The monoisotopic (exact) mass is 437 g/mol. The van der Waals surface area contributed by atoms with Crippen LogP contribution in [0.15, 0.2) is 54.3 Å². The third-order valence-corrected chi connectivity index (χ3v) is 5.97. The highest BCUT2D eigenvalue weighted by atomic mass is 16.7. The number of amides is 1. The molecule has 0 spiro atoms. The van der Waals surface area contributed by atoms with Crippen LogP contribution in [0.25, 0.3) is 11.1 Å². The lowest BCUT2D eigenvalue weighted by Crippen LogP contribution is -2.34. The number of fused-ring (bicyclic) bond motifs is 3. The van der Waals surface area contributed by atoms with Crippen molar-refractivity contribution in [2.24, 2.45) is 0 Å². The van der Waals surface area contributed by atoms with Gasteiger partial charge in [-0.2, -0.15) is 0 Å².